The van der Waals surface area contributed by atoms with Crippen LogP contribution in [0.2, 0.25) is 0 Å². The van der Waals surface area contributed by atoms with Gasteiger partial charge in [-0.3, -0.25) is 19.2 Å². The van der Waals surface area contributed by atoms with Crippen LogP contribution in [0.5, 0.6) is 0 Å². The van der Waals surface area contributed by atoms with E-state index in [0.717, 1.165) is 5.56 Å². The highest BCUT2D eigenvalue weighted by Gasteiger charge is 2.28. The van der Waals surface area contributed by atoms with Crippen LogP contribution in [0.4, 0.5) is 0 Å². The first-order valence-electron chi connectivity index (χ1n) is 10.4. The number of unbranched alkanes of at least 4 members (excludes halogenated alkanes) is 1. The highest BCUT2D eigenvalue weighted by molar-refractivity contribution is 7.80. The maximum atomic E-state index is 12.8. The molecule has 10 nitrogen and oxygen atoms in total. The molecule has 1 aromatic rings. The average Bonchev–Trinajstić information content (AvgIpc) is 2.76. The van der Waals surface area contributed by atoms with Crippen molar-refractivity contribution in [2.24, 2.45) is 11.5 Å². The van der Waals surface area contributed by atoms with Gasteiger partial charge in [0.15, 0.2) is 0 Å². The standard InChI is InChI=1S/C21H33N5O5S/c1-13(21(30)31)24-20(29)17(12-32)26-19(28)16(9-5-6-10-22)25-18(27)15(23)11-14-7-3-2-4-8-14/h2-4,7-8,13,15-17,32H,5-6,9-12,22-23H2,1H3,(H,24,29)(H,25,27)(H,26,28)(H,30,31). The van der Waals surface area contributed by atoms with Crippen LogP contribution in [0.1, 0.15) is 31.7 Å². The first-order valence-corrected chi connectivity index (χ1v) is 11.1. The molecular weight excluding hydrogens is 434 g/mol. The maximum Gasteiger partial charge on any atom is 0.325 e. The van der Waals surface area contributed by atoms with Gasteiger partial charge in [-0.2, -0.15) is 12.6 Å². The number of hydrogen-bond acceptors (Lipinski definition) is 7. The Morgan fingerprint density at radius 1 is 0.969 bits per heavy atom. The first kappa shape index (κ1) is 27.4. The number of aliphatic carboxylic acids is 1. The predicted octanol–water partition coefficient (Wildman–Crippen LogP) is -0.826. The number of carbonyl (C=O) groups is 4. The molecule has 0 aliphatic heterocycles. The summed E-state index contributed by atoms with van der Waals surface area (Å²) >= 11 is 4.07. The van der Waals surface area contributed by atoms with Crippen LogP contribution >= 0.6 is 12.6 Å². The van der Waals surface area contributed by atoms with E-state index in [0.29, 0.717) is 32.2 Å². The summed E-state index contributed by atoms with van der Waals surface area (Å²) in [7, 11) is 0. The number of nitrogens with one attached hydrogen (secondary N) is 3. The Labute approximate surface area is 193 Å². The lowest BCUT2D eigenvalue weighted by Crippen LogP contribution is -2.57. The van der Waals surface area contributed by atoms with Gasteiger partial charge in [-0.25, -0.2) is 0 Å². The molecule has 8 N–H and O–H groups in total. The van der Waals surface area contributed by atoms with Crippen LogP contribution in [0.15, 0.2) is 30.3 Å². The number of benzene rings is 1. The summed E-state index contributed by atoms with van der Waals surface area (Å²) in [5.74, 6) is -3.02. The Morgan fingerprint density at radius 3 is 2.12 bits per heavy atom. The molecule has 0 saturated carbocycles. The van der Waals surface area contributed by atoms with Crippen molar-refractivity contribution in [2.45, 2.75) is 56.8 Å². The second-order valence-corrected chi connectivity index (χ2v) is 7.82. The number of nitrogens with two attached hydrogens (primary N) is 2. The Balaban J connectivity index is 2.79. The van der Waals surface area contributed by atoms with Crippen LogP contribution in [-0.2, 0) is 25.6 Å². The van der Waals surface area contributed by atoms with Crippen molar-refractivity contribution < 1.29 is 24.3 Å². The molecule has 0 aliphatic carbocycles. The van der Waals surface area contributed by atoms with E-state index in [4.69, 9.17) is 16.6 Å². The molecule has 0 aliphatic rings. The van der Waals surface area contributed by atoms with E-state index in [9.17, 15) is 19.2 Å². The zero-order chi connectivity index (χ0) is 24.1. The molecule has 0 aromatic heterocycles. The summed E-state index contributed by atoms with van der Waals surface area (Å²) in [5, 5.41) is 16.4. The summed E-state index contributed by atoms with van der Waals surface area (Å²) in [6, 6.07) is 5.27. The van der Waals surface area contributed by atoms with E-state index < -0.39 is 47.9 Å². The smallest absolute Gasteiger partial charge is 0.325 e. The fourth-order valence-corrected chi connectivity index (χ4v) is 3.10. The maximum absolute atomic E-state index is 12.8. The van der Waals surface area contributed by atoms with Gasteiger partial charge in [-0.1, -0.05) is 30.3 Å². The molecule has 0 spiro atoms. The zero-order valence-electron chi connectivity index (χ0n) is 18.1. The molecule has 1 aromatic carbocycles. The van der Waals surface area contributed by atoms with Crippen molar-refractivity contribution >= 4 is 36.3 Å². The van der Waals surface area contributed by atoms with Crippen molar-refractivity contribution in [3.8, 4) is 0 Å². The van der Waals surface area contributed by atoms with Gasteiger partial charge in [0.05, 0.1) is 6.04 Å². The number of rotatable bonds is 14. The number of carboxylic acid groups (broad SMARTS) is 1. The number of thiol groups is 1. The van der Waals surface area contributed by atoms with Gasteiger partial charge in [0, 0.05) is 5.75 Å². The van der Waals surface area contributed by atoms with Crippen LogP contribution in [0.3, 0.4) is 0 Å². The van der Waals surface area contributed by atoms with Gasteiger partial charge >= 0.3 is 5.97 Å². The molecule has 4 atom stereocenters. The van der Waals surface area contributed by atoms with E-state index in [2.05, 4.69) is 28.6 Å². The minimum atomic E-state index is -1.21. The lowest BCUT2D eigenvalue weighted by atomic mass is 10.0. The third kappa shape index (κ3) is 9.67. The van der Waals surface area contributed by atoms with E-state index in [-0.39, 0.29) is 5.75 Å². The Kier molecular flexibility index (Phi) is 12.4. The largest absolute Gasteiger partial charge is 0.480 e. The lowest BCUT2D eigenvalue weighted by Gasteiger charge is -2.24. The Bertz CT molecular complexity index is 764. The van der Waals surface area contributed by atoms with Crippen molar-refractivity contribution in [2.75, 3.05) is 12.3 Å². The summed E-state index contributed by atoms with van der Waals surface area (Å²) in [6.45, 7) is 1.74. The molecule has 0 bridgehead atoms. The van der Waals surface area contributed by atoms with Gasteiger partial charge in [0.1, 0.15) is 18.1 Å². The highest BCUT2D eigenvalue weighted by atomic mass is 32.1. The summed E-state index contributed by atoms with van der Waals surface area (Å²) in [6.07, 6.45) is 1.84. The molecule has 1 rings (SSSR count). The monoisotopic (exact) mass is 467 g/mol. The van der Waals surface area contributed by atoms with Crippen molar-refractivity contribution in [3.63, 3.8) is 0 Å². The molecule has 11 heteroatoms. The molecule has 178 valence electrons. The van der Waals surface area contributed by atoms with Gasteiger partial charge in [-0.15, -0.1) is 0 Å². The molecule has 0 radical (unpaired) electrons. The number of amides is 3. The quantitative estimate of drug-likeness (QED) is 0.138. The summed E-state index contributed by atoms with van der Waals surface area (Å²) in [4.78, 5) is 48.7. The van der Waals surface area contributed by atoms with E-state index in [1.807, 2.05) is 30.3 Å². The zero-order valence-corrected chi connectivity index (χ0v) is 19.0. The fraction of sp³-hybridized carbons (Fsp3) is 0.524. The molecule has 0 fully saturated rings. The van der Waals surface area contributed by atoms with Crippen molar-refractivity contribution in [1.29, 1.82) is 0 Å². The van der Waals surface area contributed by atoms with E-state index in [1.165, 1.54) is 6.92 Å². The summed E-state index contributed by atoms with van der Waals surface area (Å²) < 4.78 is 0. The van der Waals surface area contributed by atoms with Crippen LogP contribution in [0, 0.1) is 0 Å². The van der Waals surface area contributed by atoms with E-state index >= 15 is 0 Å². The van der Waals surface area contributed by atoms with Gasteiger partial charge in [0.25, 0.3) is 0 Å². The number of carboxylic acids is 1. The third-order valence-corrected chi connectivity index (χ3v) is 5.13. The van der Waals surface area contributed by atoms with Crippen molar-refractivity contribution in [3.05, 3.63) is 35.9 Å². The third-order valence-electron chi connectivity index (χ3n) is 4.76. The van der Waals surface area contributed by atoms with Gasteiger partial charge < -0.3 is 32.5 Å². The molecule has 4 unspecified atom stereocenters. The fourth-order valence-electron chi connectivity index (χ4n) is 2.84. The van der Waals surface area contributed by atoms with Gasteiger partial charge in [-0.05, 0) is 44.7 Å². The molecule has 0 heterocycles. The number of carbonyl (C=O) groups excluding carboxylic acids is 3. The first-order chi connectivity index (χ1) is 15.2. The summed E-state index contributed by atoms with van der Waals surface area (Å²) in [5.41, 5.74) is 12.4. The van der Waals surface area contributed by atoms with Gasteiger partial charge in [0.2, 0.25) is 17.7 Å². The predicted molar refractivity (Wildman–Crippen MR) is 124 cm³/mol. The molecule has 32 heavy (non-hydrogen) atoms. The van der Waals surface area contributed by atoms with E-state index in [1.54, 1.807) is 0 Å². The lowest BCUT2D eigenvalue weighted by molar-refractivity contribution is -0.141. The Morgan fingerprint density at radius 2 is 1.56 bits per heavy atom. The van der Waals surface area contributed by atoms with Crippen molar-refractivity contribution in [1.82, 2.24) is 16.0 Å². The van der Waals surface area contributed by atoms with Crippen LogP contribution in [0.25, 0.3) is 0 Å². The highest BCUT2D eigenvalue weighted by Crippen LogP contribution is 2.06. The van der Waals surface area contributed by atoms with Crippen LogP contribution in [-0.4, -0.2) is 65.3 Å². The minimum absolute atomic E-state index is 0.0547. The second kappa shape index (κ2) is 14.4. The second-order valence-electron chi connectivity index (χ2n) is 7.45. The molecule has 3 amide bonds. The normalized spacial score (nSPS) is 14.5. The topological polar surface area (TPSA) is 177 Å². The minimum Gasteiger partial charge on any atom is -0.480 e. The Hall–Kier alpha value is -2.63. The SMILES string of the molecule is CC(NC(=O)C(CS)NC(=O)C(CCCCN)NC(=O)C(N)Cc1ccccc1)C(=O)O. The molecule has 0 saturated heterocycles. The molecular formula is C21H33N5O5S. The average molecular weight is 468 g/mol. The number of hydrogen-bond donors (Lipinski definition) is 7. The van der Waals surface area contributed by atoms with Crippen LogP contribution < -0.4 is 27.4 Å².